The number of aryl methyl sites for hydroxylation is 1. The summed E-state index contributed by atoms with van der Waals surface area (Å²) in [7, 11) is 0. The molecule has 3 N–H and O–H groups in total. The van der Waals surface area contributed by atoms with Crippen LogP contribution in [0.15, 0.2) is 42.7 Å². The van der Waals surface area contributed by atoms with Gasteiger partial charge in [-0.25, -0.2) is 4.98 Å². The summed E-state index contributed by atoms with van der Waals surface area (Å²) in [5, 5.41) is 8.24. The van der Waals surface area contributed by atoms with Gasteiger partial charge in [-0.3, -0.25) is 0 Å². The third-order valence-electron chi connectivity index (χ3n) is 5.20. The average molecular weight is 358 g/mol. The maximum absolute atomic E-state index is 4.52. The first-order valence-corrected chi connectivity index (χ1v) is 9.81. The van der Waals surface area contributed by atoms with Gasteiger partial charge < -0.3 is 15.6 Å². The van der Waals surface area contributed by atoms with Gasteiger partial charge in [0.2, 0.25) is 0 Å². The quantitative estimate of drug-likeness (QED) is 0.570. The van der Waals surface area contributed by atoms with Crippen molar-refractivity contribution < 1.29 is 0 Å². The minimum absolute atomic E-state index is 0.533. The normalized spacial score (nSPS) is 14.6. The molecule has 0 aliphatic heterocycles. The number of nitrogens with one attached hydrogen (secondary N) is 3. The molecule has 0 saturated heterocycles. The van der Waals surface area contributed by atoms with Gasteiger partial charge in [0, 0.05) is 29.5 Å². The van der Waals surface area contributed by atoms with E-state index in [-0.39, 0.29) is 0 Å². The van der Waals surface area contributed by atoms with Crippen LogP contribution in [0, 0.1) is 18.8 Å². The van der Waals surface area contributed by atoms with E-state index in [1.807, 2.05) is 12.4 Å². The van der Waals surface area contributed by atoms with Crippen molar-refractivity contribution in [2.24, 2.45) is 0 Å². The van der Waals surface area contributed by atoms with E-state index in [4.69, 9.17) is 0 Å². The highest BCUT2D eigenvalue weighted by Crippen LogP contribution is 2.29. The number of aromatic nitrogens is 2. The maximum atomic E-state index is 4.52. The van der Waals surface area contributed by atoms with E-state index in [0.29, 0.717) is 12.6 Å². The second kappa shape index (κ2) is 8.18. The number of anilines is 2. The molecule has 1 aliphatic carbocycles. The second-order valence-corrected chi connectivity index (χ2v) is 7.29. The molecular weight excluding hydrogens is 332 g/mol. The Hall–Kier alpha value is -2.93. The summed E-state index contributed by atoms with van der Waals surface area (Å²) in [5.74, 6) is 6.56. The van der Waals surface area contributed by atoms with E-state index in [9.17, 15) is 0 Å². The highest BCUT2D eigenvalue weighted by Gasteiger charge is 2.16. The number of H-pyrrole nitrogens is 1. The molecule has 138 valence electrons. The molecule has 0 unspecified atom stereocenters. The summed E-state index contributed by atoms with van der Waals surface area (Å²) < 4.78 is 0. The van der Waals surface area contributed by atoms with Gasteiger partial charge in [-0.05, 0) is 38.0 Å². The Balaban J connectivity index is 1.52. The SMILES string of the molecule is Cc1ccc(NCC#Cc2cnc3[nH]ccc3c2NC2CCCCC2)cc1. The van der Waals surface area contributed by atoms with Crippen LogP contribution in [0.2, 0.25) is 0 Å². The standard InChI is InChI=1S/C23H26N4/c1-17-9-11-19(12-10-17)24-14-5-6-18-16-26-23-21(13-15-25-23)22(18)27-20-7-3-2-4-8-20/h9-13,15-16,20,24H,2-4,7-8,14H2,1H3,(H2,25,26,27). The van der Waals surface area contributed by atoms with Crippen molar-refractivity contribution in [3.05, 3.63) is 53.9 Å². The Bertz CT molecular complexity index is 953. The fourth-order valence-electron chi connectivity index (χ4n) is 3.67. The van der Waals surface area contributed by atoms with Crippen LogP contribution in [0.25, 0.3) is 11.0 Å². The minimum Gasteiger partial charge on any atom is -0.381 e. The van der Waals surface area contributed by atoms with Gasteiger partial charge in [0.15, 0.2) is 0 Å². The molecule has 0 atom stereocenters. The lowest BCUT2D eigenvalue weighted by atomic mass is 9.95. The second-order valence-electron chi connectivity index (χ2n) is 7.29. The molecule has 1 fully saturated rings. The van der Waals surface area contributed by atoms with Crippen molar-refractivity contribution >= 4 is 22.4 Å². The molecule has 1 saturated carbocycles. The van der Waals surface area contributed by atoms with Gasteiger partial charge in [-0.15, -0.1) is 0 Å². The van der Waals surface area contributed by atoms with Crippen LogP contribution in [-0.4, -0.2) is 22.6 Å². The first-order valence-electron chi connectivity index (χ1n) is 9.81. The van der Waals surface area contributed by atoms with Crippen LogP contribution >= 0.6 is 0 Å². The van der Waals surface area contributed by atoms with Crippen molar-refractivity contribution in [3.8, 4) is 11.8 Å². The number of nitrogens with zero attached hydrogens (tertiary/aromatic N) is 1. The molecule has 27 heavy (non-hydrogen) atoms. The number of aromatic amines is 1. The molecule has 4 rings (SSSR count). The lowest BCUT2D eigenvalue weighted by molar-refractivity contribution is 0.463. The smallest absolute Gasteiger partial charge is 0.139 e. The van der Waals surface area contributed by atoms with Crippen molar-refractivity contribution in [3.63, 3.8) is 0 Å². The highest BCUT2D eigenvalue weighted by molar-refractivity contribution is 5.92. The molecule has 1 aliphatic rings. The van der Waals surface area contributed by atoms with Crippen LogP contribution in [-0.2, 0) is 0 Å². The zero-order valence-electron chi connectivity index (χ0n) is 15.8. The first-order chi connectivity index (χ1) is 13.3. The third kappa shape index (κ3) is 4.25. The molecule has 0 amide bonds. The predicted molar refractivity (Wildman–Crippen MR) is 113 cm³/mol. The number of rotatable bonds is 4. The van der Waals surface area contributed by atoms with E-state index in [1.165, 1.54) is 37.7 Å². The molecule has 0 bridgehead atoms. The average Bonchev–Trinajstić information content (AvgIpc) is 3.18. The lowest BCUT2D eigenvalue weighted by Crippen LogP contribution is -2.23. The van der Waals surface area contributed by atoms with E-state index in [1.54, 1.807) is 0 Å². The van der Waals surface area contributed by atoms with Crippen LogP contribution in [0.1, 0.15) is 43.2 Å². The molecule has 1 aromatic carbocycles. The van der Waals surface area contributed by atoms with Crippen molar-refractivity contribution in [2.45, 2.75) is 45.1 Å². The van der Waals surface area contributed by atoms with Gasteiger partial charge in [-0.1, -0.05) is 48.8 Å². The van der Waals surface area contributed by atoms with E-state index >= 15 is 0 Å². The van der Waals surface area contributed by atoms with Crippen LogP contribution in [0.4, 0.5) is 11.4 Å². The topological polar surface area (TPSA) is 52.7 Å². The largest absolute Gasteiger partial charge is 0.381 e. The van der Waals surface area contributed by atoms with Crippen molar-refractivity contribution in [2.75, 3.05) is 17.2 Å². The Morgan fingerprint density at radius 2 is 1.93 bits per heavy atom. The predicted octanol–water partition coefficient (Wildman–Crippen LogP) is 5.08. The molecule has 4 nitrogen and oxygen atoms in total. The summed E-state index contributed by atoms with van der Waals surface area (Å²) in [6, 6.07) is 11.0. The summed E-state index contributed by atoms with van der Waals surface area (Å²) >= 11 is 0. The summed E-state index contributed by atoms with van der Waals surface area (Å²) in [5.41, 5.74) is 5.36. The maximum Gasteiger partial charge on any atom is 0.139 e. The number of fused-ring (bicyclic) bond motifs is 1. The fourth-order valence-corrected chi connectivity index (χ4v) is 3.67. The van der Waals surface area contributed by atoms with E-state index < -0.39 is 0 Å². The summed E-state index contributed by atoms with van der Waals surface area (Å²) in [6.07, 6.45) is 10.3. The Morgan fingerprint density at radius 3 is 2.74 bits per heavy atom. The van der Waals surface area contributed by atoms with Crippen LogP contribution < -0.4 is 10.6 Å². The number of pyridine rings is 1. The number of benzene rings is 1. The molecule has 2 heterocycles. The minimum atomic E-state index is 0.533. The van der Waals surface area contributed by atoms with Crippen molar-refractivity contribution in [1.82, 2.24) is 9.97 Å². The molecule has 0 spiro atoms. The first kappa shape index (κ1) is 17.5. The van der Waals surface area contributed by atoms with Gasteiger partial charge in [0.25, 0.3) is 0 Å². The van der Waals surface area contributed by atoms with Gasteiger partial charge >= 0.3 is 0 Å². The zero-order valence-corrected chi connectivity index (χ0v) is 15.8. The highest BCUT2D eigenvalue weighted by atomic mass is 14.9. The fraction of sp³-hybridized carbons (Fsp3) is 0.348. The Kier molecular flexibility index (Phi) is 5.29. The Labute approximate surface area is 160 Å². The summed E-state index contributed by atoms with van der Waals surface area (Å²) in [4.78, 5) is 7.73. The molecule has 0 radical (unpaired) electrons. The number of hydrogen-bond donors (Lipinski definition) is 3. The zero-order chi connectivity index (χ0) is 18.5. The molecular formula is C23H26N4. The van der Waals surface area contributed by atoms with Crippen molar-refractivity contribution in [1.29, 1.82) is 0 Å². The molecule has 3 aromatic rings. The van der Waals surface area contributed by atoms with Crippen LogP contribution in [0.3, 0.4) is 0 Å². The lowest BCUT2D eigenvalue weighted by Gasteiger charge is -2.24. The van der Waals surface area contributed by atoms with Crippen LogP contribution in [0.5, 0.6) is 0 Å². The number of hydrogen-bond acceptors (Lipinski definition) is 3. The van der Waals surface area contributed by atoms with Gasteiger partial charge in [0.1, 0.15) is 5.65 Å². The van der Waals surface area contributed by atoms with Gasteiger partial charge in [-0.2, -0.15) is 0 Å². The molecule has 4 heteroatoms. The van der Waals surface area contributed by atoms with E-state index in [0.717, 1.165) is 28.0 Å². The Morgan fingerprint density at radius 1 is 1.11 bits per heavy atom. The monoisotopic (exact) mass is 358 g/mol. The van der Waals surface area contributed by atoms with Gasteiger partial charge in [0.05, 0.1) is 17.8 Å². The molecule has 2 aromatic heterocycles. The summed E-state index contributed by atoms with van der Waals surface area (Å²) in [6.45, 7) is 2.70. The van der Waals surface area contributed by atoms with E-state index in [2.05, 4.69) is 69.7 Å². The third-order valence-corrected chi connectivity index (χ3v) is 5.20.